The average molecular weight is 487 g/mol. The average Bonchev–Trinajstić information content (AvgIpc) is 2.96. The van der Waals surface area contributed by atoms with Gasteiger partial charge in [-0.15, -0.1) is 0 Å². The predicted molar refractivity (Wildman–Crippen MR) is 161 cm³/mol. The summed E-state index contributed by atoms with van der Waals surface area (Å²) in [4.78, 5) is 0. The highest BCUT2D eigenvalue weighted by molar-refractivity contribution is 6.09. The van der Waals surface area contributed by atoms with Crippen LogP contribution in [0.15, 0.2) is 97.1 Å². The minimum absolute atomic E-state index is 0.476. The Hall–Kier alpha value is -3.90. The Bertz CT molecular complexity index is 1910. The molecule has 0 nitrogen and oxygen atoms in total. The van der Waals surface area contributed by atoms with Gasteiger partial charge >= 0.3 is 0 Å². The summed E-state index contributed by atoms with van der Waals surface area (Å²) >= 11 is 0. The van der Waals surface area contributed by atoms with Crippen molar-refractivity contribution < 1.29 is 0 Å². The Morgan fingerprint density at radius 1 is 0.579 bits per heavy atom. The molecule has 4 aliphatic rings. The molecule has 5 aromatic rings. The van der Waals surface area contributed by atoms with Crippen LogP contribution in [0.4, 0.5) is 0 Å². The first-order valence-corrected chi connectivity index (χ1v) is 14.3. The second-order valence-corrected chi connectivity index (χ2v) is 12.0. The number of fused-ring (bicyclic) bond motifs is 4. The molecular formula is C38H30. The minimum Gasteiger partial charge on any atom is -0.0811 e. The van der Waals surface area contributed by atoms with Gasteiger partial charge in [-0.05, 0) is 102 Å². The second-order valence-electron chi connectivity index (χ2n) is 12.0. The lowest BCUT2D eigenvalue weighted by Crippen LogP contribution is -2.23. The van der Waals surface area contributed by atoms with E-state index in [4.69, 9.17) is 0 Å². The monoisotopic (exact) mass is 486 g/mol. The number of benzene rings is 5. The maximum atomic E-state index is 2.49. The predicted octanol–water partition coefficient (Wildman–Crippen LogP) is 10.2. The molecule has 4 atom stereocenters. The van der Waals surface area contributed by atoms with Crippen LogP contribution in [-0.4, -0.2) is 0 Å². The van der Waals surface area contributed by atoms with Crippen molar-refractivity contribution in [3.63, 3.8) is 0 Å². The van der Waals surface area contributed by atoms with Gasteiger partial charge in [-0.2, -0.15) is 0 Å². The number of hydrogen-bond acceptors (Lipinski definition) is 0. The lowest BCUT2D eigenvalue weighted by atomic mass is 9.62. The Morgan fingerprint density at radius 2 is 1.21 bits per heavy atom. The standard InChI is InChI=1S/C38H30/c1-21-7-3-10-24(22(21)2)25-15-16-30-34-20-18-32-28-12-5-9-23-8-4-11-27(35(23)28)31-17-19-33(38(34)37(31)32)29-14-6-13-26(25)36(29)30/h3-17,19,21-22,32,34H,18,20H2,1-2H3. The molecule has 38 heavy (non-hydrogen) atoms. The van der Waals surface area contributed by atoms with Crippen molar-refractivity contribution in [1.82, 2.24) is 0 Å². The van der Waals surface area contributed by atoms with Crippen LogP contribution in [0.3, 0.4) is 0 Å². The van der Waals surface area contributed by atoms with Gasteiger partial charge in [-0.1, -0.05) is 111 Å². The highest BCUT2D eigenvalue weighted by Gasteiger charge is 2.40. The Kier molecular flexibility index (Phi) is 4.08. The molecule has 0 fully saturated rings. The third-order valence-corrected chi connectivity index (χ3v) is 10.3. The summed E-state index contributed by atoms with van der Waals surface area (Å²) in [6, 6.07) is 30.7. The normalized spacial score (nSPS) is 23.9. The van der Waals surface area contributed by atoms with E-state index >= 15 is 0 Å². The summed E-state index contributed by atoms with van der Waals surface area (Å²) in [6.45, 7) is 4.73. The molecule has 0 heterocycles. The summed E-state index contributed by atoms with van der Waals surface area (Å²) in [7, 11) is 0. The molecule has 0 N–H and O–H groups in total. The van der Waals surface area contributed by atoms with E-state index in [0.717, 1.165) is 0 Å². The van der Waals surface area contributed by atoms with E-state index in [-0.39, 0.29) is 0 Å². The van der Waals surface area contributed by atoms with Gasteiger partial charge in [0.25, 0.3) is 0 Å². The van der Waals surface area contributed by atoms with E-state index in [1.165, 1.54) is 73.3 Å². The first-order chi connectivity index (χ1) is 18.7. The zero-order valence-electron chi connectivity index (χ0n) is 22.0. The van der Waals surface area contributed by atoms with Crippen LogP contribution >= 0.6 is 0 Å². The lowest BCUT2D eigenvalue weighted by Gasteiger charge is -2.41. The van der Waals surface area contributed by atoms with E-state index in [0.29, 0.717) is 23.7 Å². The first kappa shape index (κ1) is 21.1. The molecular weight excluding hydrogens is 456 g/mol. The van der Waals surface area contributed by atoms with Crippen LogP contribution in [0.5, 0.6) is 0 Å². The first-order valence-electron chi connectivity index (χ1n) is 14.3. The van der Waals surface area contributed by atoms with Gasteiger partial charge in [0.15, 0.2) is 0 Å². The zero-order chi connectivity index (χ0) is 25.1. The second kappa shape index (κ2) is 7.35. The fourth-order valence-electron chi connectivity index (χ4n) is 8.46. The van der Waals surface area contributed by atoms with Gasteiger partial charge in [0, 0.05) is 11.8 Å². The van der Waals surface area contributed by atoms with Crippen LogP contribution in [-0.2, 0) is 0 Å². The van der Waals surface area contributed by atoms with Gasteiger partial charge in [0.1, 0.15) is 0 Å². The van der Waals surface area contributed by atoms with E-state index in [9.17, 15) is 0 Å². The molecule has 0 saturated heterocycles. The smallest absolute Gasteiger partial charge is 0.0105 e. The van der Waals surface area contributed by atoms with Gasteiger partial charge < -0.3 is 0 Å². The van der Waals surface area contributed by atoms with Crippen LogP contribution in [0.1, 0.15) is 66.3 Å². The van der Waals surface area contributed by atoms with Gasteiger partial charge in [-0.3, -0.25) is 0 Å². The largest absolute Gasteiger partial charge is 0.0811 e. The van der Waals surface area contributed by atoms with Crippen LogP contribution < -0.4 is 0 Å². The third-order valence-electron chi connectivity index (χ3n) is 10.3. The van der Waals surface area contributed by atoms with E-state index in [1.54, 1.807) is 16.7 Å². The highest BCUT2D eigenvalue weighted by atomic mass is 14.4. The van der Waals surface area contributed by atoms with Crippen molar-refractivity contribution in [2.75, 3.05) is 0 Å². The van der Waals surface area contributed by atoms with Crippen molar-refractivity contribution in [3.8, 4) is 22.3 Å². The minimum atomic E-state index is 0.476. The topological polar surface area (TPSA) is 0 Å². The molecule has 0 saturated carbocycles. The molecule has 0 aromatic heterocycles. The number of rotatable bonds is 1. The molecule has 0 bridgehead atoms. The summed E-state index contributed by atoms with van der Waals surface area (Å²) in [5.74, 6) is 2.06. The SMILES string of the molecule is CC1C=CC=C(c2ccc3c4c(cccc24)-c2ccc4c5c2C3CCC5c2cccc3cccc-4c23)C1C. The molecule has 4 aliphatic carbocycles. The Labute approximate surface area is 224 Å². The molecule has 0 aliphatic heterocycles. The number of allylic oxidation sites excluding steroid dienone is 4. The Balaban J connectivity index is 1.34. The van der Waals surface area contributed by atoms with E-state index < -0.39 is 0 Å². The fourth-order valence-corrected chi connectivity index (χ4v) is 8.46. The third kappa shape index (κ3) is 2.52. The molecule has 182 valence electrons. The number of hydrogen-bond donors (Lipinski definition) is 0. The quantitative estimate of drug-likeness (QED) is 0.221. The maximum absolute atomic E-state index is 2.49. The fraction of sp³-hybridized carbons (Fsp3) is 0.211. The molecule has 0 radical (unpaired) electrons. The molecule has 0 amide bonds. The van der Waals surface area contributed by atoms with Gasteiger partial charge in [0.05, 0.1) is 0 Å². The van der Waals surface area contributed by atoms with Crippen molar-refractivity contribution in [2.24, 2.45) is 11.8 Å². The van der Waals surface area contributed by atoms with Crippen LogP contribution in [0.2, 0.25) is 0 Å². The molecule has 5 aromatic carbocycles. The van der Waals surface area contributed by atoms with Gasteiger partial charge in [-0.25, -0.2) is 0 Å². The maximum Gasteiger partial charge on any atom is 0.0105 e. The summed E-state index contributed by atoms with van der Waals surface area (Å²) in [5, 5.41) is 5.78. The lowest BCUT2D eigenvalue weighted by molar-refractivity contribution is 0.567. The van der Waals surface area contributed by atoms with E-state index in [2.05, 4.69) is 111 Å². The molecule has 9 rings (SSSR count). The summed E-state index contributed by atoms with van der Waals surface area (Å²) in [5.41, 5.74) is 15.0. The van der Waals surface area contributed by atoms with Crippen molar-refractivity contribution in [2.45, 2.75) is 38.5 Å². The summed E-state index contributed by atoms with van der Waals surface area (Å²) in [6.07, 6.45) is 9.39. The zero-order valence-corrected chi connectivity index (χ0v) is 22.0. The van der Waals surface area contributed by atoms with Crippen molar-refractivity contribution >= 4 is 27.1 Å². The molecule has 0 heteroatoms. The molecule has 0 spiro atoms. The highest BCUT2D eigenvalue weighted by Crippen LogP contribution is 2.59. The Morgan fingerprint density at radius 3 is 1.97 bits per heavy atom. The summed E-state index contributed by atoms with van der Waals surface area (Å²) < 4.78 is 0. The molecule has 4 unspecified atom stereocenters. The van der Waals surface area contributed by atoms with Crippen LogP contribution in [0.25, 0.3) is 49.4 Å². The van der Waals surface area contributed by atoms with Crippen molar-refractivity contribution in [1.29, 1.82) is 0 Å². The van der Waals surface area contributed by atoms with E-state index in [1.807, 2.05) is 0 Å². The van der Waals surface area contributed by atoms with Gasteiger partial charge in [0.2, 0.25) is 0 Å². The van der Waals surface area contributed by atoms with Crippen molar-refractivity contribution in [3.05, 3.63) is 125 Å². The van der Waals surface area contributed by atoms with Crippen LogP contribution in [0, 0.1) is 11.8 Å².